The quantitative estimate of drug-likeness (QED) is 0.248. The van der Waals surface area contributed by atoms with E-state index in [-0.39, 0.29) is 29.4 Å². The predicted octanol–water partition coefficient (Wildman–Crippen LogP) is 0.151. The molecule has 5 atom stereocenters. The first kappa shape index (κ1) is 25.6. The standard InChI is InChI=1S/C12H18N7O11P3/c1-12(4-13)2-6(3-27-32(23,24)30-33(25,26)29-31(20,21)22)28-10(12)19-5-16-7-8(14)17-11(15)18-9(7)19/h5-6,10H,2-3H2,1H3,(H,23,24)(H,25,26)(H2,20,21,22)(H4,14,15,17,18). The topological polar surface area (TPSA) is 288 Å². The maximum atomic E-state index is 11.9. The number of fused-ring (bicyclic) bond motifs is 1. The number of ether oxygens (including phenoxy) is 1. The van der Waals surface area contributed by atoms with E-state index in [1.807, 2.05) is 0 Å². The summed E-state index contributed by atoms with van der Waals surface area (Å²) in [4.78, 5) is 47.8. The Morgan fingerprint density at radius 1 is 1.24 bits per heavy atom. The summed E-state index contributed by atoms with van der Waals surface area (Å²) in [6.07, 6.45) is -0.797. The molecule has 18 nitrogen and oxygen atoms in total. The third-order valence-corrected chi connectivity index (χ3v) is 8.13. The van der Waals surface area contributed by atoms with E-state index in [1.54, 1.807) is 0 Å². The molecule has 33 heavy (non-hydrogen) atoms. The molecule has 0 bridgehead atoms. The summed E-state index contributed by atoms with van der Waals surface area (Å²) in [7, 11) is -16.5. The van der Waals surface area contributed by atoms with E-state index in [0.717, 1.165) is 0 Å². The van der Waals surface area contributed by atoms with Crippen LogP contribution in [0.5, 0.6) is 0 Å². The molecule has 0 aromatic carbocycles. The highest BCUT2D eigenvalue weighted by atomic mass is 31.3. The van der Waals surface area contributed by atoms with E-state index in [9.17, 15) is 28.7 Å². The van der Waals surface area contributed by atoms with Gasteiger partial charge in [-0.2, -0.15) is 23.9 Å². The van der Waals surface area contributed by atoms with Crippen molar-refractivity contribution in [3.8, 4) is 6.07 Å². The highest BCUT2D eigenvalue weighted by Crippen LogP contribution is 2.66. The van der Waals surface area contributed by atoms with Crippen molar-refractivity contribution in [2.75, 3.05) is 18.1 Å². The minimum atomic E-state index is -5.66. The molecular formula is C12H18N7O11P3. The molecule has 0 radical (unpaired) electrons. The number of nitrogens with two attached hydrogens (primary N) is 2. The van der Waals surface area contributed by atoms with E-state index >= 15 is 0 Å². The number of phosphoric ester groups is 1. The maximum absolute atomic E-state index is 11.9. The first-order valence-corrected chi connectivity index (χ1v) is 13.2. The normalized spacial score (nSPS) is 27.2. The Bertz CT molecular complexity index is 1260. The average Bonchev–Trinajstić information content (AvgIpc) is 3.18. The van der Waals surface area contributed by atoms with Gasteiger partial charge in [-0.05, 0) is 13.3 Å². The molecule has 182 valence electrons. The van der Waals surface area contributed by atoms with Crippen LogP contribution in [0.4, 0.5) is 11.8 Å². The smallest absolute Gasteiger partial charge is 0.382 e. The van der Waals surface area contributed by atoms with Crippen LogP contribution in [0.2, 0.25) is 0 Å². The number of nitrogen functional groups attached to an aromatic ring is 2. The number of phosphoric acid groups is 3. The second-order valence-electron chi connectivity index (χ2n) is 7.02. The van der Waals surface area contributed by atoms with Crippen molar-refractivity contribution >= 4 is 46.4 Å². The number of hydrogen-bond donors (Lipinski definition) is 6. The van der Waals surface area contributed by atoms with Gasteiger partial charge in [0.15, 0.2) is 17.7 Å². The molecular weight excluding hydrogens is 511 g/mol. The number of hydrogen-bond acceptors (Lipinski definition) is 13. The lowest BCUT2D eigenvalue weighted by molar-refractivity contribution is -0.0379. The Kier molecular flexibility index (Phi) is 6.72. The Hall–Kier alpha value is -1.99. The summed E-state index contributed by atoms with van der Waals surface area (Å²) in [5.74, 6) is -0.153. The van der Waals surface area contributed by atoms with Crippen molar-refractivity contribution in [2.24, 2.45) is 5.41 Å². The van der Waals surface area contributed by atoms with Gasteiger partial charge in [-0.3, -0.25) is 9.09 Å². The van der Waals surface area contributed by atoms with Gasteiger partial charge in [0.05, 0.1) is 25.1 Å². The van der Waals surface area contributed by atoms with Crippen LogP contribution in [0.3, 0.4) is 0 Å². The van der Waals surface area contributed by atoms with Gasteiger partial charge in [-0.1, -0.05) is 0 Å². The van der Waals surface area contributed by atoms with Crippen LogP contribution in [-0.4, -0.2) is 51.8 Å². The summed E-state index contributed by atoms with van der Waals surface area (Å²) in [6, 6.07) is 2.07. The molecule has 21 heteroatoms. The summed E-state index contributed by atoms with van der Waals surface area (Å²) < 4.78 is 53.0. The van der Waals surface area contributed by atoms with E-state index in [4.69, 9.17) is 26.0 Å². The molecule has 3 rings (SSSR count). The molecule has 0 aliphatic carbocycles. The van der Waals surface area contributed by atoms with Crippen molar-refractivity contribution in [1.29, 1.82) is 5.26 Å². The molecule has 3 heterocycles. The minimum absolute atomic E-state index is 0.00267. The number of aromatic nitrogens is 4. The average molecular weight is 529 g/mol. The van der Waals surface area contributed by atoms with Crippen molar-refractivity contribution in [2.45, 2.75) is 25.7 Å². The monoisotopic (exact) mass is 529 g/mol. The summed E-state index contributed by atoms with van der Waals surface area (Å²) in [5, 5.41) is 9.71. The van der Waals surface area contributed by atoms with Gasteiger partial charge in [-0.25, -0.2) is 18.7 Å². The fourth-order valence-corrected chi connectivity index (χ4v) is 6.18. The zero-order chi connectivity index (χ0) is 24.8. The lowest BCUT2D eigenvalue weighted by atomic mass is 9.87. The predicted molar refractivity (Wildman–Crippen MR) is 106 cm³/mol. The molecule has 1 fully saturated rings. The number of imidazole rings is 1. The van der Waals surface area contributed by atoms with Gasteiger partial charge in [-0.15, -0.1) is 0 Å². The SMILES string of the molecule is CC1(C#N)CC(COP(=O)(O)OP(=O)(O)OP(=O)(O)O)OC1n1cnc2c(N)nc(N)nc21. The van der Waals surface area contributed by atoms with Crippen molar-refractivity contribution < 1.29 is 51.2 Å². The minimum Gasteiger partial charge on any atom is -0.382 e. The zero-order valence-corrected chi connectivity index (χ0v) is 19.2. The Morgan fingerprint density at radius 3 is 2.52 bits per heavy atom. The zero-order valence-electron chi connectivity index (χ0n) is 16.5. The molecule has 1 aliphatic heterocycles. The van der Waals surface area contributed by atoms with Gasteiger partial charge in [0.2, 0.25) is 5.95 Å². The molecule has 2 aromatic heterocycles. The third-order valence-electron chi connectivity index (χ3n) is 4.33. The lowest BCUT2D eigenvalue weighted by Gasteiger charge is -2.23. The number of rotatable bonds is 8. The van der Waals surface area contributed by atoms with Gasteiger partial charge in [0.1, 0.15) is 10.9 Å². The van der Waals surface area contributed by atoms with Crippen LogP contribution in [0, 0.1) is 16.7 Å². The molecule has 5 unspecified atom stereocenters. The van der Waals surface area contributed by atoms with Gasteiger partial charge >= 0.3 is 23.5 Å². The van der Waals surface area contributed by atoms with Crippen LogP contribution in [0.15, 0.2) is 6.33 Å². The Balaban J connectivity index is 1.76. The lowest BCUT2D eigenvalue weighted by Crippen LogP contribution is -2.24. The van der Waals surface area contributed by atoms with Crippen LogP contribution < -0.4 is 11.5 Å². The van der Waals surface area contributed by atoms with Crippen LogP contribution in [-0.2, 0) is 31.6 Å². The van der Waals surface area contributed by atoms with Crippen molar-refractivity contribution in [3.63, 3.8) is 0 Å². The van der Waals surface area contributed by atoms with Gasteiger partial charge in [0, 0.05) is 0 Å². The molecule has 8 N–H and O–H groups in total. The van der Waals surface area contributed by atoms with E-state index in [0.29, 0.717) is 0 Å². The number of nitrogens with zero attached hydrogens (tertiary/aromatic N) is 5. The van der Waals surface area contributed by atoms with Crippen molar-refractivity contribution in [3.05, 3.63) is 6.33 Å². The Labute approximate surface area is 184 Å². The first-order valence-electron chi connectivity index (χ1n) is 8.65. The Morgan fingerprint density at radius 2 is 1.91 bits per heavy atom. The largest absolute Gasteiger partial charge is 0.490 e. The van der Waals surface area contributed by atoms with Gasteiger partial charge < -0.3 is 35.8 Å². The first-order chi connectivity index (χ1) is 15.0. The summed E-state index contributed by atoms with van der Waals surface area (Å²) in [5.41, 5.74) is 10.5. The second-order valence-corrected chi connectivity index (χ2v) is 11.4. The van der Waals surface area contributed by atoms with Crippen LogP contribution >= 0.6 is 23.5 Å². The van der Waals surface area contributed by atoms with Crippen LogP contribution in [0.1, 0.15) is 19.6 Å². The van der Waals surface area contributed by atoms with E-state index in [2.05, 4.69) is 34.2 Å². The fraction of sp³-hybridized carbons (Fsp3) is 0.500. The van der Waals surface area contributed by atoms with E-state index in [1.165, 1.54) is 17.8 Å². The van der Waals surface area contributed by atoms with E-state index < -0.39 is 47.8 Å². The summed E-state index contributed by atoms with van der Waals surface area (Å²) in [6.45, 7) is 0.811. The fourth-order valence-electron chi connectivity index (χ4n) is 3.13. The highest BCUT2D eigenvalue weighted by Gasteiger charge is 2.49. The van der Waals surface area contributed by atoms with Crippen LogP contribution in [0.25, 0.3) is 11.2 Å². The second kappa shape index (κ2) is 8.66. The van der Waals surface area contributed by atoms with Gasteiger partial charge in [0.25, 0.3) is 0 Å². The highest BCUT2D eigenvalue weighted by molar-refractivity contribution is 7.66. The molecule has 0 spiro atoms. The molecule has 0 saturated carbocycles. The molecule has 0 amide bonds. The molecule has 2 aromatic rings. The third kappa shape index (κ3) is 5.93. The number of nitriles is 1. The molecule has 1 aliphatic rings. The summed E-state index contributed by atoms with van der Waals surface area (Å²) >= 11 is 0. The molecule has 1 saturated heterocycles. The van der Waals surface area contributed by atoms with Crippen molar-refractivity contribution in [1.82, 2.24) is 19.5 Å². The maximum Gasteiger partial charge on any atom is 0.490 e. The number of anilines is 2.